The average Bonchev–Trinajstić information content (AvgIpc) is 2.44. The first-order valence-corrected chi connectivity index (χ1v) is 7.55. The Morgan fingerprint density at radius 3 is 2.36 bits per heavy atom. The zero-order chi connectivity index (χ0) is 16.1. The van der Waals surface area contributed by atoms with E-state index in [9.17, 15) is 4.79 Å². The molecule has 0 aliphatic rings. The van der Waals surface area contributed by atoms with E-state index in [-0.39, 0.29) is 5.91 Å². The van der Waals surface area contributed by atoms with Gasteiger partial charge in [0.2, 0.25) is 5.91 Å². The molecule has 0 unspecified atom stereocenters. The molecule has 116 valence electrons. The number of rotatable bonds is 5. The topological polar surface area (TPSA) is 54.0 Å². The predicted octanol–water partition coefficient (Wildman–Crippen LogP) is 4.43. The molecule has 0 radical (unpaired) electrons. The van der Waals surface area contributed by atoms with Crippen LogP contribution in [-0.4, -0.2) is 10.9 Å². The summed E-state index contributed by atoms with van der Waals surface area (Å²) in [5, 5.41) is 6.19. The fourth-order valence-electron chi connectivity index (χ4n) is 2.26. The predicted molar refractivity (Wildman–Crippen MR) is 91.5 cm³/mol. The van der Waals surface area contributed by atoms with Crippen LogP contribution in [0.3, 0.4) is 0 Å². The summed E-state index contributed by atoms with van der Waals surface area (Å²) < 4.78 is 0. The number of para-hydroxylation sites is 1. The molecule has 4 nitrogen and oxygen atoms in total. The molecule has 2 aromatic rings. The Morgan fingerprint density at radius 2 is 1.82 bits per heavy atom. The molecule has 1 aromatic carbocycles. The van der Waals surface area contributed by atoms with Crippen LogP contribution in [0.15, 0.2) is 36.5 Å². The first-order valence-electron chi connectivity index (χ1n) is 7.55. The molecular formula is C18H23N3O. The van der Waals surface area contributed by atoms with E-state index in [0.717, 1.165) is 17.2 Å². The number of aryl methyl sites for hydroxylation is 2. The third kappa shape index (κ3) is 4.32. The monoisotopic (exact) mass is 297 g/mol. The number of amides is 1. The number of carbonyl (C=O) groups is 1. The first kappa shape index (κ1) is 16.0. The number of hydrogen-bond donors (Lipinski definition) is 2. The van der Waals surface area contributed by atoms with Crippen LogP contribution in [0.4, 0.5) is 17.2 Å². The molecule has 0 bridgehead atoms. The third-order valence-corrected chi connectivity index (χ3v) is 3.38. The highest BCUT2D eigenvalue weighted by molar-refractivity contribution is 5.90. The van der Waals surface area contributed by atoms with Crippen LogP contribution < -0.4 is 10.6 Å². The van der Waals surface area contributed by atoms with Crippen molar-refractivity contribution in [3.05, 3.63) is 47.7 Å². The largest absolute Gasteiger partial charge is 0.340 e. The molecule has 0 saturated heterocycles. The van der Waals surface area contributed by atoms with Crippen molar-refractivity contribution >= 4 is 23.1 Å². The summed E-state index contributed by atoms with van der Waals surface area (Å²) in [6, 6.07) is 9.90. The van der Waals surface area contributed by atoms with Crippen LogP contribution in [0.2, 0.25) is 0 Å². The molecule has 2 N–H and O–H groups in total. The SMILES string of the molecule is Cc1cccc(C)c1Nc1ccc(NC(=O)CC(C)C)cn1. The van der Waals surface area contributed by atoms with Crippen LogP contribution in [0.5, 0.6) is 0 Å². The Morgan fingerprint density at radius 1 is 1.14 bits per heavy atom. The standard InChI is InChI=1S/C18H23N3O/c1-12(2)10-17(22)20-15-8-9-16(19-11-15)21-18-13(3)6-5-7-14(18)4/h5-9,11-12H,10H2,1-4H3,(H,19,21)(H,20,22). The third-order valence-electron chi connectivity index (χ3n) is 3.38. The van der Waals surface area contributed by atoms with Crippen LogP contribution in [-0.2, 0) is 4.79 Å². The van der Waals surface area contributed by atoms with Gasteiger partial charge in [-0.05, 0) is 43.0 Å². The zero-order valence-corrected chi connectivity index (χ0v) is 13.6. The fraction of sp³-hybridized carbons (Fsp3) is 0.333. The molecule has 22 heavy (non-hydrogen) atoms. The van der Waals surface area contributed by atoms with E-state index < -0.39 is 0 Å². The van der Waals surface area contributed by atoms with Crippen LogP contribution in [0, 0.1) is 19.8 Å². The smallest absolute Gasteiger partial charge is 0.224 e. The lowest BCUT2D eigenvalue weighted by Crippen LogP contribution is -2.14. The van der Waals surface area contributed by atoms with Crippen LogP contribution >= 0.6 is 0 Å². The van der Waals surface area contributed by atoms with E-state index in [2.05, 4.69) is 41.6 Å². The van der Waals surface area contributed by atoms with Gasteiger partial charge in [-0.2, -0.15) is 0 Å². The normalized spacial score (nSPS) is 10.6. The molecule has 0 aliphatic heterocycles. The van der Waals surface area contributed by atoms with Crippen molar-refractivity contribution in [2.75, 3.05) is 10.6 Å². The Bertz CT molecular complexity index is 628. The molecule has 1 heterocycles. The Hall–Kier alpha value is -2.36. The summed E-state index contributed by atoms with van der Waals surface area (Å²) in [4.78, 5) is 16.1. The second kappa shape index (κ2) is 7.07. The first-order chi connectivity index (χ1) is 10.5. The molecule has 0 atom stereocenters. The number of hydrogen-bond acceptors (Lipinski definition) is 3. The van der Waals surface area contributed by atoms with E-state index in [0.29, 0.717) is 12.3 Å². The van der Waals surface area contributed by atoms with Gasteiger partial charge in [-0.1, -0.05) is 32.0 Å². The highest BCUT2D eigenvalue weighted by Gasteiger charge is 2.06. The van der Waals surface area contributed by atoms with Gasteiger partial charge >= 0.3 is 0 Å². The quantitative estimate of drug-likeness (QED) is 0.858. The minimum atomic E-state index is 0.0206. The molecule has 0 spiro atoms. The molecule has 4 heteroatoms. The second-order valence-electron chi connectivity index (χ2n) is 5.97. The minimum Gasteiger partial charge on any atom is -0.340 e. The number of nitrogens with one attached hydrogen (secondary N) is 2. The van der Waals surface area contributed by atoms with Crippen molar-refractivity contribution < 1.29 is 4.79 Å². The van der Waals surface area contributed by atoms with Gasteiger partial charge in [0.15, 0.2) is 0 Å². The van der Waals surface area contributed by atoms with Crippen molar-refractivity contribution in [2.24, 2.45) is 5.92 Å². The van der Waals surface area contributed by atoms with Crippen molar-refractivity contribution in [3.8, 4) is 0 Å². The van der Waals surface area contributed by atoms with E-state index in [1.54, 1.807) is 6.20 Å². The number of aromatic nitrogens is 1. The van der Waals surface area contributed by atoms with Crippen molar-refractivity contribution in [3.63, 3.8) is 0 Å². The molecule has 0 fully saturated rings. The van der Waals surface area contributed by atoms with E-state index >= 15 is 0 Å². The van der Waals surface area contributed by atoms with E-state index in [1.165, 1.54) is 11.1 Å². The number of anilines is 3. The Balaban J connectivity index is 2.05. The van der Waals surface area contributed by atoms with E-state index in [1.807, 2.05) is 32.0 Å². The minimum absolute atomic E-state index is 0.0206. The Labute approximate surface area is 132 Å². The fourth-order valence-corrected chi connectivity index (χ4v) is 2.26. The molecular weight excluding hydrogens is 274 g/mol. The summed E-state index contributed by atoms with van der Waals surface area (Å²) in [5.41, 5.74) is 4.15. The number of carbonyl (C=O) groups excluding carboxylic acids is 1. The number of benzene rings is 1. The average molecular weight is 297 g/mol. The summed E-state index contributed by atoms with van der Waals surface area (Å²) in [5.74, 6) is 1.13. The summed E-state index contributed by atoms with van der Waals surface area (Å²) in [7, 11) is 0. The molecule has 2 rings (SSSR count). The maximum atomic E-state index is 11.7. The second-order valence-corrected chi connectivity index (χ2v) is 5.97. The molecule has 0 saturated carbocycles. The summed E-state index contributed by atoms with van der Waals surface area (Å²) >= 11 is 0. The lowest BCUT2D eigenvalue weighted by molar-refractivity contribution is -0.116. The van der Waals surface area contributed by atoms with Gasteiger partial charge in [0.1, 0.15) is 5.82 Å². The Kier molecular flexibility index (Phi) is 5.15. The van der Waals surface area contributed by atoms with Gasteiger partial charge in [0.25, 0.3) is 0 Å². The van der Waals surface area contributed by atoms with Gasteiger partial charge in [-0.3, -0.25) is 4.79 Å². The van der Waals surface area contributed by atoms with Gasteiger partial charge < -0.3 is 10.6 Å². The highest BCUT2D eigenvalue weighted by Crippen LogP contribution is 2.23. The summed E-state index contributed by atoms with van der Waals surface area (Å²) in [6.45, 7) is 8.18. The van der Waals surface area contributed by atoms with Gasteiger partial charge in [-0.15, -0.1) is 0 Å². The van der Waals surface area contributed by atoms with Crippen molar-refractivity contribution in [1.82, 2.24) is 4.98 Å². The maximum absolute atomic E-state index is 11.7. The van der Waals surface area contributed by atoms with Gasteiger partial charge in [0, 0.05) is 12.1 Å². The maximum Gasteiger partial charge on any atom is 0.224 e. The lowest BCUT2D eigenvalue weighted by Gasteiger charge is -2.12. The van der Waals surface area contributed by atoms with Crippen LogP contribution in [0.1, 0.15) is 31.4 Å². The van der Waals surface area contributed by atoms with Crippen LogP contribution in [0.25, 0.3) is 0 Å². The van der Waals surface area contributed by atoms with Gasteiger partial charge in [-0.25, -0.2) is 4.98 Å². The zero-order valence-electron chi connectivity index (χ0n) is 13.6. The lowest BCUT2D eigenvalue weighted by atomic mass is 10.1. The van der Waals surface area contributed by atoms with Crippen molar-refractivity contribution in [1.29, 1.82) is 0 Å². The van der Waals surface area contributed by atoms with Crippen molar-refractivity contribution in [2.45, 2.75) is 34.1 Å². The summed E-state index contributed by atoms with van der Waals surface area (Å²) in [6.07, 6.45) is 2.19. The number of nitrogens with zero attached hydrogens (tertiary/aromatic N) is 1. The molecule has 1 aromatic heterocycles. The van der Waals surface area contributed by atoms with Gasteiger partial charge in [0.05, 0.1) is 11.9 Å². The molecule has 1 amide bonds. The van der Waals surface area contributed by atoms with E-state index in [4.69, 9.17) is 0 Å². The highest BCUT2D eigenvalue weighted by atomic mass is 16.1. The number of pyridine rings is 1. The molecule has 0 aliphatic carbocycles.